The molecule has 0 aliphatic carbocycles. The zero-order valence-electron chi connectivity index (χ0n) is 24.5. The van der Waals surface area contributed by atoms with Crippen molar-refractivity contribution in [3.05, 3.63) is 94.0 Å². The monoisotopic (exact) mass is 597 g/mol. The fraction of sp³-hybridized carbons (Fsp3) is 0.375. The van der Waals surface area contributed by atoms with E-state index in [0.29, 0.717) is 29.2 Å². The first-order valence-electron chi connectivity index (χ1n) is 14.0. The number of hydrogen-bond acceptors (Lipinski definition) is 4. The summed E-state index contributed by atoms with van der Waals surface area (Å²) in [6, 6.07) is 18.4. The molecule has 0 aliphatic heterocycles. The molecule has 9 heteroatoms. The van der Waals surface area contributed by atoms with Crippen molar-refractivity contribution in [2.75, 3.05) is 17.4 Å². The van der Waals surface area contributed by atoms with Crippen molar-refractivity contribution in [1.82, 2.24) is 10.2 Å². The van der Waals surface area contributed by atoms with E-state index in [2.05, 4.69) is 5.32 Å². The van der Waals surface area contributed by atoms with Crippen LogP contribution in [0.25, 0.3) is 0 Å². The normalized spacial score (nSPS) is 12.0. The highest BCUT2D eigenvalue weighted by molar-refractivity contribution is 7.92. The van der Waals surface area contributed by atoms with Gasteiger partial charge < -0.3 is 10.2 Å². The van der Waals surface area contributed by atoms with Gasteiger partial charge in [0, 0.05) is 18.1 Å². The van der Waals surface area contributed by atoms with Gasteiger partial charge in [0.25, 0.3) is 10.0 Å². The second-order valence-corrected chi connectivity index (χ2v) is 12.5. The molecule has 0 aliphatic rings. The molecule has 3 aromatic rings. The van der Waals surface area contributed by atoms with E-state index in [1.54, 1.807) is 37.3 Å². The molecule has 7 nitrogen and oxygen atoms in total. The molecule has 0 heterocycles. The summed E-state index contributed by atoms with van der Waals surface area (Å²) in [6.45, 7) is 9.61. The first-order valence-corrected chi connectivity index (χ1v) is 15.8. The largest absolute Gasteiger partial charge is 0.354 e. The highest BCUT2D eigenvalue weighted by atomic mass is 35.5. The van der Waals surface area contributed by atoms with E-state index in [0.717, 1.165) is 33.8 Å². The van der Waals surface area contributed by atoms with E-state index >= 15 is 0 Å². The minimum absolute atomic E-state index is 0.0603. The third kappa shape index (κ3) is 7.89. The number of anilines is 1. The van der Waals surface area contributed by atoms with Crippen molar-refractivity contribution in [3.63, 3.8) is 0 Å². The molecule has 220 valence electrons. The van der Waals surface area contributed by atoms with Crippen LogP contribution in [0.1, 0.15) is 55.4 Å². The van der Waals surface area contributed by atoms with E-state index in [1.807, 2.05) is 52.0 Å². The standard InChI is InChI=1S/C32H40ClN3O4S/c1-6-8-20-34-32(38)29(7-2)35(21-26-13-10-9-12-24(26)4)31(37)22-36(30-15-11-14-28(33)25(30)5)41(39,40)27-18-16-23(3)17-19-27/h9-19,29H,6-8,20-22H2,1-5H3,(H,34,38). The summed E-state index contributed by atoms with van der Waals surface area (Å²) < 4.78 is 29.2. The number of sulfonamides is 1. The zero-order valence-corrected chi connectivity index (χ0v) is 26.1. The Balaban J connectivity index is 2.09. The van der Waals surface area contributed by atoms with E-state index in [9.17, 15) is 18.0 Å². The van der Waals surface area contributed by atoms with E-state index < -0.39 is 28.5 Å². The van der Waals surface area contributed by atoms with Crippen LogP contribution < -0.4 is 9.62 Å². The average molecular weight is 598 g/mol. The van der Waals surface area contributed by atoms with Crippen molar-refractivity contribution >= 4 is 39.1 Å². The number of rotatable bonds is 13. The molecule has 3 aromatic carbocycles. The van der Waals surface area contributed by atoms with Crippen LogP contribution in [0.2, 0.25) is 5.02 Å². The Labute approximate surface area is 249 Å². The smallest absolute Gasteiger partial charge is 0.264 e. The number of nitrogens with one attached hydrogen (secondary N) is 1. The van der Waals surface area contributed by atoms with E-state index in [-0.39, 0.29) is 17.3 Å². The third-order valence-corrected chi connectivity index (χ3v) is 9.40. The fourth-order valence-corrected chi connectivity index (χ4v) is 6.25. The van der Waals surface area contributed by atoms with Crippen LogP contribution in [-0.4, -0.2) is 44.3 Å². The number of carbonyl (C=O) groups excluding carboxylic acids is 2. The molecule has 3 rings (SSSR count). The maximum Gasteiger partial charge on any atom is 0.264 e. The minimum Gasteiger partial charge on any atom is -0.354 e. The average Bonchev–Trinajstić information content (AvgIpc) is 2.94. The van der Waals surface area contributed by atoms with Crippen LogP contribution in [-0.2, 0) is 26.2 Å². The molecule has 1 atom stereocenters. The van der Waals surface area contributed by atoms with Gasteiger partial charge >= 0.3 is 0 Å². The lowest BCUT2D eigenvalue weighted by molar-refractivity contribution is -0.140. The van der Waals surface area contributed by atoms with Gasteiger partial charge in [-0.25, -0.2) is 8.42 Å². The Bertz CT molecular complexity index is 1460. The van der Waals surface area contributed by atoms with Crippen molar-refractivity contribution in [1.29, 1.82) is 0 Å². The molecular formula is C32H40ClN3O4S. The number of nitrogens with zero attached hydrogens (tertiary/aromatic N) is 2. The quantitative estimate of drug-likeness (QED) is 0.238. The summed E-state index contributed by atoms with van der Waals surface area (Å²) in [5, 5.41) is 3.34. The number of carbonyl (C=O) groups is 2. The summed E-state index contributed by atoms with van der Waals surface area (Å²) >= 11 is 6.40. The molecule has 0 fully saturated rings. The van der Waals surface area contributed by atoms with Gasteiger partial charge in [0.1, 0.15) is 12.6 Å². The predicted molar refractivity (Wildman–Crippen MR) is 166 cm³/mol. The van der Waals surface area contributed by atoms with Crippen LogP contribution in [0.4, 0.5) is 5.69 Å². The first-order chi connectivity index (χ1) is 19.5. The van der Waals surface area contributed by atoms with Gasteiger partial charge in [-0.2, -0.15) is 0 Å². The van der Waals surface area contributed by atoms with Crippen molar-refractivity contribution < 1.29 is 18.0 Å². The summed E-state index contributed by atoms with van der Waals surface area (Å²) in [6.07, 6.45) is 2.12. The second-order valence-electron chi connectivity index (χ2n) is 10.2. The lowest BCUT2D eigenvalue weighted by Crippen LogP contribution is -2.52. The number of halogens is 1. The van der Waals surface area contributed by atoms with Gasteiger partial charge in [-0.15, -0.1) is 0 Å². The number of benzene rings is 3. The van der Waals surface area contributed by atoms with Crippen LogP contribution in [0, 0.1) is 20.8 Å². The molecule has 41 heavy (non-hydrogen) atoms. The topological polar surface area (TPSA) is 86.8 Å². The van der Waals surface area contributed by atoms with Crippen molar-refractivity contribution in [2.45, 2.75) is 71.4 Å². The summed E-state index contributed by atoms with van der Waals surface area (Å²) in [5.74, 6) is -0.740. The minimum atomic E-state index is -4.16. The van der Waals surface area contributed by atoms with Crippen molar-refractivity contribution in [3.8, 4) is 0 Å². The zero-order chi connectivity index (χ0) is 30.2. The van der Waals surface area contributed by atoms with Gasteiger partial charge in [-0.05, 0) is 74.6 Å². The fourth-order valence-electron chi connectivity index (χ4n) is 4.61. The van der Waals surface area contributed by atoms with Gasteiger partial charge in [-0.3, -0.25) is 13.9 Å². The van der Waals surface area contributed by atoms with Crippen LogP contribution in [0.15, 0.2) is 71.6 Å². The molecule has 0 saturated carbocycles. The molecule has 0 radical (unpaired) electrons. The second kappa shape index (κ2) is 14.5. The highest BCUT2D eigenvalue weighted by Crippen LogP contribution is 2.31. The molecular weight excluding hydrogens is 558 g/mol. The number of unbranched alkanes of at least 4 members (excludes halogenated alkanes) is 1. The lowest BCUT2D eigenvalue weighted by atomic mass is 10.1. The molecule has 0 spiro atoms. The van der Waals surface area contributed by atoms with Gasteiger partial charge in [0.15, 0.2) is 0 Å². The molecule has 0 bridgehead atoms. The lowest BCUT2D eigenvalue weighted by Gasteiger charge is -2.34. The van der Waals surface area contributed by atoms with E-state index in [4.69, 9.17) is 11.6 Å². The Morgan fingerprint density at radius 1 is 0.927 bits per heavy atom. The van der Waals surface area contributed by atoms with Gasteiger partial charge in [0.2, 0.25) is 11.8 Å². The molecule has 2 amide bonds. The molecule has 1 N–H and O–H groups in total. The summed E-state index contributed by atoms with van der Waals surface area (Å²) in [4.78, 5) is 29.1. The van der Waals surface area contributed by atoms with Crippen molar-refractivity contribution in [2.24, 2.45) is 0 Å². The summed E-state index contributed by atoms with van der Waals surface area (Å²) in [7, 11) is -4.16. The third-order valence-electron chi connectivity index (χ3n) is 7.21. The first kappa shape index (κ1) is 32.2. The number of aryl methyl sites for hydroxylation is 2. The Hall–Kier alpha value is -3.36. The Kier molecular flexibility index (Phi) is 11.4. The number of amides is 2. The van der Waals surface area contributed by atoms with Gasteiger partial charge in [0.05, 0.1) is 10.6 Å². The molecule has 0 aromatic heterocycles. The molecule has 1 unspecified atom stereocenters. The predicted octanol–water partition coefficient (Wildman–Crippen LogP) is 6.18. The summed E-state index contributed by atoms with van der Waals surface area (Å²) in [5.41, 5.74) is 3.61. The maximum absolute atomic E-state index is 14.2. The Morgan fingerprint density at radius 3 is 2.24 bits per heavy atom. The maximum atomic E-state index is 14.2. The van der Waals surface area contributed by atoms with Crippen LogP contribution in [0.3, 0.4) is 0 Å². The SMILES string of the molecule is CCCCNC(=O)C(CC)N(Cc1ccccc1C)C(=O)CN(c1cccc(Cl)c1C)S(=O)(=O)c1ccc(C)cc1. The van der Waals surface area contributed by atoms with Gasteiger partial charge in [-0.1, -0.05) is 79.9 Å². The van der Waals surface area contributed by atoms with Crippen LogP contribution in [0.5, 0.6) is 0 Å². The highest BCUT2D eigenvalue weighted by Gasteiger charge is 2.34. The van der Waals surface area contributed by atoms with E-state index in [1.165, 1.54) is 17.0 Å². The van der Waals surface area contributed by atoms with Crippen LogP contribution >= 0.6 is 11.6 Å². The molecule has 0 saturated heterocycles. The Morgan fingerprint density at radius 2 is 1.61 bits per heavy atom. The number of hydrogen-bond donors (Lipinski definition) is 1.